The fourth-order valence-corrected chi connectivity index (χ4v) is 5.54. The van der Waals surface area contributed by atoms with Crippen LogP contribution in [0.4, 0.5) is 0 Å². The number of hydrazone groups is 1. The van der Waals surface area contributed by atoms with E-state index in [1.807, 2.05) is 24.3 Å². The van der Waals surface area contributed by atoms with Crippen LogP contribution in [0.1, 0.15) is 56.7 Å². The molecule has 1 aliphatic carbocycles. The van der Waals surface area contributed by atoms with Gasteiger partial charge in [-0.2, -0.15) is 5.10 Å². The number of hydrogen-bond acceptors (Lipinski definition) is 4. The second-order valence-electron chi connectivity index (χ2n) is 10.1. The minimum absolute atomic E-state index is 0.0204. The van der Waals surface area contributed by atoms with Crippen LogP contribution in [0.15, 0.2) is 71.8 Å². The third-order valence-electron chi connectivity index (χ3n) is 7.97. The summed E-state index contributed by atoms with van der Waals surface area (Å²) < 4.78 is 5.34. The van der Waals surface area contributed by atoms with Gasteiger partial charge in [0.2, 0.25) is 0 Å². The lowest BCUT2D eigenvalue weighted by molar-refractivity contribution is -0.132. The zero-order valence-electron chi connectivity index (χ0n) is 20.9. The average molecular weight is 470 g/mol. The summed E-state index contributed by atoms with van der Waals surface area (Å²) in [6, 6.07) is 23.0. The number of ether oxygens (including phenoxy) is 1. The molecule has 0 aromatic heterocycles. The summed E-state index contributed by atoms with van der Waals surface area (Å²) >= 11 is 0. The molecule has 5 heteroatoms. The Balaban J connectivity index is 1.40. The van der Waals surface area contributed by atoms with E-state index < -0.39 is 0 Å². The highest BCUT2D eigenvalue weighted by Crippen LogP contribution is 2.34. The molecular formula is C30H35N3O2. The molecule has 2 aliphatic rings. The van der Waals surface area contributed by atoms with Gasteiger partial charge in [-0.25, -0.2) is 5.01 Å². The van der Waals surface area contributed by atoms with E-state index in [0.29, 0.717) is 30.8 Å². The molecule has 3 aromatic rings. The summed E-state index contributed by atoms with van der Waals surface area (Å²) in [6.45, 7) is 4.93. The van der Waals surface area contributed by atoms with E-state index in [4.69, 9.17) is 9.84 Å². The van der Waals surface area contributed by atoms with Crippen LogP contribution in [-0.4, -0.2) is 36.3 Å². The van der Waals surface area contributed by atoms with E-state index in [0.717, 1.165) is 29.0 Å². The van der Waals surface area contributed by atoms with Gasteiger partial charge < -0.3 is 10.1 Å². The Morgan fingerprint density at radius 1 is 1.03 bits per heavy atom. The molecular weight excluding hydrogens is 434 g/mol. The fourth-order valence-electron chi connectivity index (χ4n) is 5.54. The molecule has 5 nitrogen and oxygen atoms in total. The van der Waals surface area contributed by atoms with Crippen molar-refractivity contribution in [2.75, 3.05) is 13.7 Å². The van der Waals surface area contributed by atoms with Crippen molar-refractivity contribution >= 4 is 22.4 Å². The number of hydrogen-bond donors (Lipinski definition) is 1. The Labute approximate surface area is 208 Å². The van der Waals surface area contributed by atoms with Crippen molar-refractivity contribution in [3.05, 3.63) is 77.9 Å². The number of benzene rings is 3. The Morgan fingerprint density at radius 3 is 2.57 bits per heavy atom. The number of carbonyl (C=O) groups is 1. The van der Waals surface area contributed by atoms with E-state index >= 15 is 0 Å². The predicted octanol–water partition coefficient (Wildman–Crippen LogP) is 5.94. The summed E-state index contributed by atoms with van der Waals surface area (Å²) in [5.74, 6) is 2.09. The first-order valence-corrected chi connectivity index (χ1v) is 12.8. The van der Waals surface area contributed by atoms with E-state index in [-0.39, 0.29) is 11.9 Å². The number of carbonyl (C=O) groups excluding carboxylic acids is 1. The van der Waals surface area contributed by atoms with Crippen molar-refractivity contribution in [3.63, 3.8) is 0 Å². The van der Waals surface area contributed by atoms with E-state index in [2.05, 4.69) is 61.6 Å². The summed E-state index contributed by atoms with van der Waals surface area (Å²) in [6.07, 6.45) is 4.32. The van der Waals surface area contributed by atoms with Crippen LogP contribution in [0, 0.1) is 11.8 Å². The fraction of sp³-hybridized carbons (Fsp3) is 0.400. The molecule has 1 aliphatic heterocycles. The second kappa shape index (κ2) is 10.2. The number of nitrogens with zero attached hydrogens (tertiary/aromatic N) is 2. The van der Waals surface area contributed by atoms with Gasteiger partial charge in [0.1, 0.15) is 5.75 Å². The average Bonchev–Trinajstić information content (AvgIpc) is 3.35. The normalized spacial score (nSPS) is 24.4. The predicted molar refractivity (Wildman–Crippen MR) is 142 cm³/mol. The maximum absolute atomic E-state index is 13.5. The first-order valence-electron chi connectivity index (χ1n) is 12.8. The number of fused-ring (bicyclic) bond motifs is 1. The van der Waals surface area contributed by atoms with Crippen molar-refractivity contribution < 1.29 is 9.53 Å². The third kappa shape index (κ3) is 4.96. The molecule has 0 saturated heterocycles. The number of rotatable bonds is 6. The van der Waals surface area contributed by atoms with Crippen LogP contribution in [-0.2, 0) is 4.79 Å². The molecule has 35 heavy (non-hydrogen) atoms. The summed E-state index contributed by atoms with van der Waals surface area (Å²) in [5, 5.41) is 12.5. The Hall–Kier alpha value is -3.18. The van der Waals surface area contributed by atoms with Crippen LogP contribution in [0.5, 0.6) is 5.75 Å². The van der Waals surface area contributed by atoms with Crippen LogP contribution < -0.4 is 10.1 Å². The number of nitrogens with one attached hydrogen (secondary N) is 1. The number of amides is 1. The first-order chi connectivity index (χ1) is 17.0. The lowest BCUT2D eigenvalue weighted by Gasteiger charge is -2.35. The maximum atomic E-state index is 13.5. The molecule has 0 bridgehead atoms. The highest BCUT2D eigenvalue weighted by Gasteiger charge is 2.34. The molecule has 1 fully saturated rings. The minimum atomic E-state index is -0.126. The van der Waals surface area contributed by atoms with Gasteiger partial charge in [0.05, 0.1) is 25.4 Å². The minimum Gasteiger partial charge on any atom is -0.497 e. The van der Waals surface area contributed by atoms with Crippen molar-refractivity contribution in [3.8, 4) is 5.75 Å². The largest absolute Gasteiger partial charge is 0.497 e. The van der Waals surface area contributed by atoms with E-state index in [1.54, 1.807) is 12.1 Å². The molecule has 0 unspecified atom stereocenters. The SMILES string of the molecule is COc1ccc([C@@H]2CC(c3ccc4ccccc4c3)=NN2C(=O)CN[C@@H]2CCC[C@H](C)[C@H]2C)cc1. The Morgan fingerprint density at radius 2 is 1.80 bits per heavy atom. The van der Waals surface area contributed by atoms with E-state index in [9.17, 15) is 4.79 Å². The third-order valence-corrected chi connectivity index (χ3v) is 7.97. The van der Waals surface area contributed by atoms with Crippen LogP contribution >= 0.6 is 0 Å². The van der Waals surface area contributed by atoms with Gasteiger partial charge >= 0.3 is 0 Å². The van der Waals surface area contributed by atoms with Gasteiger partial charge in [-0.05, 0) is 58.4 Å². The van der Waals surface area contributed by atoms with Gasteiger partial charge in [0.15, 0.2) is 0 Å². The smallest absolute Gasteiger partial charge is 0.257 e. The van der Waals surface area contributed by atoms with Crippen molar-refractivity contribution in [2.24, 2.45) is 16.9 Å². The van der Waals surface area contributed by atoms with Crippen molar-refractivity contribution in [2.45, 2.75) is 51.6 Å². The highest BCUT2D eigenvalue weighted by molar-refractivity contribution is 6.05. The zero-order chi connectivity index (χ0) is 24.4. The van der Waals surface area contributed by atoms with Gasteiger partial charge in [0, 0.05) is 12.5 Å². The van der Waals surface area contributed by atoms with Crippen LogP contribution in [0.2, 0.25) is 0 Å². The molecule has 4 atom stereocenters. The molecule has 1 heterocycles. The van der Waals surface area contributed by atoms with Crippen LogP contribution in [0.25, 0.3) is 10.8 Å². The van der Waals surface area contributed by atoms with Gasteiger partial charge in [0.25, 0.3) is 5.91 Å². The quantitative estimate of drug-likeness (QED) is 0.486. The first kappa shape index (κ1) is 23.6. The monoisotopic (exact) mass is 469 g/mol. The van der Waals surface area contributed by atoms with Crippen LogP contribution in [0.3, 0.4) is 0 Å². The molecule has 182 valence electrons. The summed E-state index contributed by atoms with van der Waals surface area (Å²) in [5.41, 5.74) is 3.09. The lowest BCUT2D eigenvalue weighted by Crippen LogP contribution is -2.45. The van der Waals surface area contributed by atoms with Gasteiger partial charge in [-0.15, -0.1) is 0 Å². The summed E-state index contributed by atoms with van der Waals surface area (Å²) in [7, 11) is 1.67. The Bertz CT molecular complexity index is 1220. The topological polar surface area (TPSA) is 53.9 Å². The van der Waals surface area contributed by atoms with Crippen molar-refractivity contribution in [1.82, 2.24) is 10.3 Å². The zero-order valence-corrected chi connectivity index (χ0v) is 20.9. The Kier molecular flexibility index (Phi) is 6.87. The highest BCUT2D eigenvalue weighted by atomic mass is 16.5. The second-order valence-corrected chi connectivity index (χ2v) is 10.1. The molecule has 1 amide bonds. The molecule has 0 radical (unpaired) electrons. The van der Waals surface area contributed by atoms with E-state index in [1.165, 1.54) is 23.6 Å². The standard InChI is InChI=1S/C30H35N3O2/c1-20-7-6-10-27(21(20)2)31-19-30(34)33-29(23-13-15-26(35-3)16-14-23)18-28(32-33)25-12-11-22-8-4-5-9-24(22)17-25/h4-5,8-9,11-17,20-21,27,29,31H,6-7,10,18-19H2,1-3H3/t20-,21+,27+,29-/m0/s1. The molecule has 5 rings (SSSR count). The molecule has 3 aromatic carbocycles. The lowest BCUT2D eigenvalue weighted by atomic mass is 9.78. The summed E-state index contributed by atoms with van der Waals surface area (Å²) in [4.78, 5) is 13.5. The molecule has 1 N–H and O–H groups in total. The van der Waals surface area contributed by atoms with Gasteiger partial charge in [-0.1, -0.05) is 75.2 Å². The van der Waals surface area contributed by atoms with Gasteiger partial charge in [-0.3, -0.25) is 4.79 Å². The van der Waals surface area contributed by atoms with Crippen molar-refractivity contribution in [1.29, 1.82) is 0 Å². The molecule has 1 saturated carbocycles. The molecule has 0 spiro atoms. The maximum Gasteiger partial charge on any atom is 0.257 e. The number of methoxy groups -OCH3 is 1.